The van der Waals surface area contributed by atoms with Crippen molar-refractivity contribution in [3.05, 3.63) is 25.3 Å². The molecule has 0 fully saturated rings. The quantitative estimate of drug-likeness (QED) is 0.204. The number of aliphatic hydroxyl groups excluding tert-OH is 3. The second-order valence-corrected chi connectivity index (χ2v) is 7.55. The number of rotatable bonds is 10. The van der Waals surface area contributed by atoms with Gasteiger partial charge >= 0.3 is 15.9 Å². The van der Waals surface area contributed by atoms with Gasteiger partial charge in [-0.15, -0.1) is 13.2 Å². The van der Waals surface area contributed by atoms with E-state index in [0.717, 1.165) is 6.66 Å². The van der Waals surface area contributed by atoms with Crippen LogP contribution in [-0.4, -0.2) is 50.6 Å². The van der Waals surface area contributed by atoms with Gasteiger partial charge in [-0.05, 0) is 33.6 Å². The summed E-state index contributed by atoms with van der Waals surface area (Å²) in [6, 6.07) is 0. The molecule has 0 aromatic heterocycles. The van der Waals surface area contributed by atoms with Crippen LogP contribution in [0.5, 0.6) is 0 Å². The third-order valence-electron chi connectivity index (χ3n) is 3.14. The number of aliphatic hydroxyl groups is 3. The summed E-state index contributed by atoms with van der Waals surface area (Å²) in [7, 11) is -6.71. The summed E-state index contributed by atoms with van der Waals surface area (Å²) in [5, 5.41) is 28.4. The van der Waals surface area contributed by atoms with Crippen LogP contribution in [0, 0.1) is 5.41 Å². The Kier molecular flexibility index (Phi) is 17.5. The fourth-order valence-corrected chi connectivity index (χ4v) is 3.01. The summed E-state index contributed by atoms with van der Waals surface area (Å²) in [6.45, 7) is 9.94. The number of phosphoric acid groups is 1. The van der Waals surface area contributed by atoms with Gasteiger partial charge in [0.05, 0.1) is 12.2 Å². The predicted molar refractivity (Wildman–Crippen MR) is 88.1 cm³/mol. The molecule has 0 saturated carbocycles. The summed E-state index contributed by atoms with van der Waals surface area (Å²) >= 11 is 0. The van der Waals surface area contributed by atoms with Crippen LogP contribution in [0.15, 0.2) is 25.3 Å². The van der Waals surface area contributed by atoms with E-state index in [1.165, 1.54) is 12.2 Å². The van der Waals surface area contributed by atoms with E-state index >= 15 is 0 Å². The Bertz CT molecular complexity index is 404. The number of hydrogen-bond acceptors (Lipinski definition) is 6. The maximum Gasteiger partial charge on any atom is 0.515 e. The second kappa shape index (κ2) is 14.5. The van der Waals surface area contributed by atoms with Gasteiger partial charge in [0.2, 0.25) is 0 Å². The van der Waals surface area contributed by atoms with Crippen molar-refractivity contribution in [2.75, 3.05) is 13.3 Å². The number of hydrogen-bond donors (Lipinski definition) is 5. The van der Waals surface area contributed by atoms with Crippen molar-refractivity contribution in [2.45, 2.75) is 38.4 Å². The maximum atomic E-state index is 9.89. The van der Waals surface area contributed by atoms with Crippen molar-refractivity contribution < 1.29 is 60.3 Å². The van der Waals surface area contributed by atoms with E-state index in [4.69, 9.17) is 9.79 Å². The van der Waals surface area contributed by atoms with Crippen molar-refractivity contribution in [2.24, 2.45) is 5.41 Å². The van der Waals surface area contributed by atoms with Crippen LogP contribution < -0.4 is 0 Å². The van der Waals surface area contributed by atoms with Crippen LogP contribution in [0.25, 0.3) is 0 Å². The van der Waals surface area contributed by atoms with Gasteiger partial charge in [0.1, 0.15) is 0 Å². The minimum atomic E-state index is -4.51. The van der Waals surface area contributed by atoms with Crippen LogP contribution in [0.1, 0.15) is 26.2 Å². The SMILES string of the molecule is C=CC(O)CC(CC)(CO)CC(O)C=C.C[P+](=O)OP(=O)(O)O.[Ti]. The summed E-state index contributed by atoms with van der Waals surface area (Å²) in [5.41, 5.74) is -0.457. The van der Waals surface area contributed by atoms with Crippen LogP contribution in [0.4, 0.5) is 0 Å². The third kappa shape index (κ3) is 15.8. The normalized spacial score (nSPS) is 16.4. The maximum absolute atomic E-state index is 9.89. The topological polar surface area (TPSA) is 145 Å². The first-order chi connectivity index (χ1) is 10.4. The Balaban J connectivity index is -0.000000419. The van der Waals surface area contributed by atoms with Gasteiger partial charge in [-0.2, -0.15) is 0 Å². The molecule has 0 aliphatic carbocycles. The minimum absolute atomic E-state index is 0. The van der Waals surface area contributed by atoms with Gasteiger partial charge in [-0.1, -0.05) is 19.1 Å². The van der Waals surface area contributed by atoms with Gasteiger partial charge < -0.3 is 25.1 Å². The van der Waals surface area contributed by atoms with Gasteiger partial charge in [-0.3, -0.25) is 0 Å². The Morgan fingerprint density at radius 3 is 1.71 bits per heavy atom. The predicted octanol–water partition coefficient (Wildman–Crippen LogP) is 1.71. The molecular formula is C13H27O8P2Ti+. The van der Waals surface area contributed by atoms with Crippen LogP contribution >= 0.6 is 15.9 Å². The molecule has 140 valence electrons. The van der Waals surface area contributed by atoms with Gasteiger partial charge in [0.25, 0.3) is 0 Å². The fraction of sp³-hybridized carbons (Fsp3) is 0.692. The van der Waals surface area contributed by atoms with Gasteiger partial charge in [-0.25, -0.2) is 4.57 Å². The van der Waals surface area contributed by atoms with E-state index in [9.17, 15) is 24.4 Å². The Morgan fingerprint density at radius 2 is 1.58 bits per heavy atom. The molecule has 8 nitrogen and oxygen atoms in total. The van der Waals surface area contributed by atoms with E-state index in [1.54, 1.807) is 0 Å². The van der Waals surface area contributed by atoms with E-state index in [2.05, 4.69) is 17.5 Å². The first-order valence-electron chi connectivity index (χ1n) is 6.83. The van der Waals surface area contributed by atoms with Crippen LogP contribution in [0.2, 0.25) is 0 Å². The van der Waals surface area contributed by atoms with E-state index in [1.807, 2.05) is 6.92 Å². The monoisotopic (exact) mass is 421 g/mol. The molecule has 0 heterocycles. The average Bonchev–Trinajstić information content (AvgIpc) is 2.44. The zero-order valence-corrected chi connectivity index (χ0v) is 17.3. The summed E-state index contributed by atoms with van der Waals surface area (Å²) < 4.78 is 23.2. The molecule has 3 unspecified atom stereocenters. The molecule has 0 rings (SSSR count). The van der Waals surface area contributed by atoms with Crippen molar-refractivity contribution >= 4 is 15.9 Å². The summed E-state index contributed by atoms with van der Waals surface area (Å²) in [5.74, 6) is 0. The molecule has 5 N–H and O–H groups in total. The van der Waals surface area contributed by atoms with E-state index < -0.39 is 33.5 Å². The molecule has 24 heavy (non-hydrogen) atoms. The van der Waals surface area contributed by atoms with Crippen molar-refractivity contribution in [1.29, 1.82) is 0 Å². The van der Waals surface area contributed by atoms with Crippen LogP contribution in [-0.2, 0) is 35.2 Å². The van der Waals surface area contributed by atoms with Crippen molar-refractivity contribution in [3.8, 4) is 0 Å². The molecule has 0 aliphatic heterocycles. The van der Waals surface area contributed by atoms with Crippen molar-refractivity contribution in [3.63, 3.8) is 0 Å². The average molecular weight is 421 g/mol. The zero-order valence-electron chi connectivity index (χ0n) is 13.9. The van der Waals surface area contributed by atoms with E-state index in [-0.39, 0.29) is 28.3 Å². The molecule has 0 aromatic carbocycles. The molecular weight excluding hydrogens is 394 g/mol. The Labute approximate surface area is 158 Å². The zero-order chi connectivity index (χ0) is 18.7. The van der Waals surface area contributed by atoms with Gasteiger partial charge in [0.15, 0.2) is 6.66 Å². The minimum Gasteiger partial charge on any atom is -0.396 e. The van der Waals surface area contributed by atoms with Crippen LogP contribution in [0.3, 0.4) is 0 Å². The van der Waals surface area contributed by atoms with E-state index in [0.29, 0.717) is 19.3 Å². The second-order valence-electron chi connectivity index (χ2n) is 5.04. The molecule has 11 heteroatoms. The molecule has 0 aromatic rings. The fourth-order valence-electron chi connectivity index (χ4n) is 1.82. The smallest absolute Gasteiger partial charge is 0.396 e. The first-order valence-corrected chi connectivity index (χ1v) is 9.99. The standard InChI is InChI=1S/C12H22O3.CH4O5P2.Ti/c1-4-10(14)7-12(6-3,9-13)8-11(15)5-2;1-7(2)6-8(3,4)5;/h4-5,10-11,13-15H,1-2,6-9H2,3H3;1H3,(H-,3,4,5);/p+1. The Morgan fingerprint density at radius 1 is 1.21 bits per heavy atom. The molecule has 0 aliphatic rings. The van der Waals surface area contributed by atoms with Crippen molar-refractivity contribution in [1.82, 2.24) is 0 Å². The largest absolute Gasteiger partial charge is 0.515 e. The molecule has 0 amide bonds. The molecule has 0 radical (unpaired) electrons. The summed E-state index contributed by atoms with van der Waals surface area (Å²) in [4.78, 5) is 15.8. The third-order valence-corrected chi connectivity index (χ3v) is 4.91. The first kappa shape index (κ1) is 29.1. The molecule has 0 spiro atoms. The summed E-state index contributed by atoms with van der Waals surface area (Å²) in [6.07, 6.45) is 3.12. The Hall–Kier alpha value is 0.284. The molecule has 3 atom stereocenters. The molecule has 0 bridgehead atoms. The molecule has 0 saturated heterocycles. The van der Waals surface area contributed by atoms with Gasteiger partial charge in [0, 0.05) is 28.3 Å².